The Morgan fingerprint density at radius 3 is 2.08 bits per heavy atom. The van der Waals surface area contributed by atoms with E-state index < -0.39 is 18.1 Å². The summed E-state index contributed by atoms with van der Waals surface area (Å²) in [7, 11) is 0. The molecule has 0 aromatic rings. The second kappa shape index (κ2) is 5.90. The Kier molecular flexibility index (Phi) is 5.61. The fourth-order valence-corrected chi connectivity index (χ4v) is 0.941. The van der Waals surface area contributed by atoms with Crippen LogP contribution < -0.4 is 11.5 Å². The zero-order valence-electron chi connectivity index (χ0n) is 7.07. The molecule has 0 saturated carbocycles. The third-order valence-electron chi connectivity index (χ3n) is 1.65. The molecule has 76 valence electrons. The number of carbonyl (C=O) groups excluding carboxylic acids is 1. The molecular formula is C7H13ClN2O3. The van der Waals surface area contributed by atoms with Crippen molar-refractivity contribution in [2.75, 3.05) is 5.88 Å². The standard InChI is InChI=1S/C7H13ClN2O3/c8-3-6(11)4(9)1-2-5(10)7(12)13/h4-5H,1-3,9-10H2,(H,12,13). The predicted molar refractivity (Wildman–Crippen MR) is 48.5 cm³/mol. The molecular weight excluding hydrogens is 196 g/mol. The van der Waals surface area contributed by atoms with Crippen molar-refractivity contribution in [2.45, 2.75) is 24.9 Å². The number of hydrogen-bond acceptors (Lipinski definition) is 4. The summed E-state index contributed by atoms with van der Waals surface area (Å²) in [6, 6.07) is -1.67. The number of ketones is 1. The highest BCUT2D eigenvalue weighted by Crippen LogP contribution is 2.00. The Bertz CT molecular complexity index is 198. The number of nitrogens with two attached hydrogens (primary N) is 2. The summed E-state index contributed by atoms with van der Waals surface area (Å²) in [5, 5.41) is 8.41. The molecule has 5 N–H and O–H groups in total. The minimum Gasteiger partial charge on any atom is -0.480 e. The monoisotopic (exact) mass is 208 g/mol. The SMILES string of the molecule is NC(CCC(N)C(=O)CCl)C(=O)O. The molecule has 2 unspecified atom stereocenters. The van der Waals surface area contributed by atoms with Crippen LogP contribution in [0.2, 0.25) is 0 Å². The number of Topliss-reactive ketones (excluding diaryl/α,β-unsaturated/α-hetero) is 1. The molecule has 5 nitrogen and oxygen atoms in total. The third kappa shape index (κ3) is 4.82. The van der Waals surface area contributed by atoms with Crippen LogP contribution in [0.5, 0.6) is 0 Å². The van der Waals surface area contributed by atoms with Gasteiger partial charge in [0.1, 0.15) is 6.04 Å². The van der Waals surface area contributed by atoms with E-state index in [2.05, 4.69) is 0 Å². The minimum absolute atomic E-state index is 0.149. The van der Waals surface area contributed by atoms with Crippen molar-refractivity contribution in [1.82, 2.24) is 0 Å². The van der Waals surface area contributed by atoms with Crippen LogP contribution in [0.15, 0.2) is 0 Å². The van der Waals surface area contributed by atoms with Crippen LogP contribution in [-0.4, -0.2) is 34.8 Å². The first-order valence-corrected chi connectivity index (χ1v) is 4.35. The number of alkyl halides is 1. The molecule has 0 spiro atoms. The van der Waals surface area contributed by atoms with E-state index in [0.717, 1.165) is 0 Å². The van der Waals surface area contributed by atoms with Crippen molar-refractivity contribution in [3.63, 3.8) is 0 Å². The van der Waals surface area contributed by atoms with Crippen molar-refractivity contribution in [1.29, 1.82) is 0 Å². The van der Waals surface area contributed by atoms with Crippen LogP contribution in [0.1, 0.15) is 12.8 Å². The Morgan fingerprint density at radius 1 is 1.23 bits per heavy atom. The highest BCUT2D eigenvalue weighted by Gasteiger charge is 2.16. The molecule has 13 heavy (non-hydrogen) atoms. The van der Waals surface area contributed by atoms with Crippen LogP contribution in [0.4, 0.5) is 0 Å². The number of rotatable bonds is 6. The number of carboxylic acids is 1. The Morgan fingerprint density at radius 2 is 1.69 bits per heavy atom. The van der Waals surface area contributed by atoms with Gasteiger partial charge in [-0.3, -0.25) is 9.59 Å². The van der Waals surface area contributed by atoms with E-state index >= 15 is 0 Å². The first-order chi connectivity index (χ1) is 5.99. The lowest BCUT2D eigenvalue weighted by Crippen LogP contribution is -2.36. The molecule has 0 fully saturated rings. The third-order valence-corrected chi connectivity index (χ3v) is 1.91. The predicted octanol–water partition coefficient (Wildman–Crippen LogP) is -0.686. The van der Waals surface area contributed by atoms with E-state index in [1.54, 1.807) is 0 Å². The largest absolute Gasteiger partial charge is 0.480 e. The summed E-state index contributed by atoms with van der Waals surface area (Å²) >= 11 is 5.25. The lowest BCUT2D eigenvalue weighted by Gasteiger charge is -2.10. The molecule has 0 heterocycles. The zero-order chi connectivity index (χ0) is 10.4. The van der Waals surface area contributed by atoms with E-state index in [9.17, 15) is 9.59 Å². The second-order valence-electron chi connectivity index (χ2n) is 2.73. The molecule has 0 amide bonds. The first-order valence-electron chi connectivity index (χ1n) is 3.81. The van der Waals surface area contributed by atoms with Crippen molar-refractivity contribution in [3.05, 3.63) is 0 Å². The van der Waals surface area contributed by atoms with Crippen molar-refractivity contribution in [2.24, 2.45) is 11.5 Å². The lowest BCUT2D eigenvalue weighted by molar-refractivity contribution is -0.138. The fourth-order valence-electron chi connectivity index (χ4n) is 0.743. The minimum atomic E-state index is -1.09. The van der Waals surface area contributed by atoms with E-state index in [4.69, 9.17) is 28.2 Å². The molecule has 0 bridgehead atoms. The molecule has 2 atom stereocenters. The van der Waals surface area contributed by atoms with E-state index in [1.165, 1.54) is 0 Å². The van der Waals surface area contributed by atoms with Crippen LogP contribution in [-0.2, 0) is 9.59 Å². The summed E-state index contributed by atoms with van der Waals surface area (Å²) in [5.74, 6) is -1.53. The number of hydrogen-bond donors (Lipinski definition) is 3. The van der Waals surface area contributed by atoms with Gasteiger partial charge in [0.05, 0.1) is 11.9 Å². The van der Waals surface area contributed by atoms with Crippen LogP contribution in [0.3, 0.4) is 0 Å². The number of carboxylic acid groups (broad SMARTS) is 1. The van der Waals surface area contributed by atoms with Gasteiger partial charge >= 0.3 is 5.97 Å². The van der Waals surface area contributed by atoms with Crippen LogP contribution >= 0.6 is 11.6 Å². The number of aliphatic carboxylic acids is 1. The Hall–Kier alpha value is -0.650. The smallest absolute Gasteiger partial charge is 0.320 e. The summed E-state index contributed by atoms with van der Waals surface area (Å²) < 4.78 is 0. The fraction of sp³-hybridized carbons (Fsp3) is 0.714. The quantitative estimate of drug-likeness (QED) is 0.501. The highest BCUT2D eigenvalue weighted by atomic mass is 35.5. The zero-order valence-corrected chi connectivity index (χ0v) is 7.83. The summed E-state index contributed by atoms with van der Waals surface area (Å²) in [4.78, 5) is 21.1. The maximum atomic E-state index is 10.8. The number of halogens is 1. The number of carbonyl (C=O) groups is 2. The molecule has 0 aliphatic rings. The van der Waals surface area contributed by atoms with Crippen molar-refractivity contribution in [3.8, 4) is 0 Å². The van der Waals surface area contributed by atoms with Crippen LogP contribution in [0, 0.1) is 0 Å². The van der Waals surface area contributed by atoms with Gasteiger partial charge in [-0.25, -0.2) is 0 Å². The lowest BCUT2D eigenvalue weighted by atomic mass is 10.1. The van der Waals surface area contributed by atoms with Crippen LogP contribution in [0.25, 0.3) is 0 Å². The van der Waals surface area contributed by atoms with Gasteiger partial charge in [0, 0.05) is 0 Å². The molecule has 6 heteroatoms. The van der Waals surface area contributed by atoms with Gasteiger partial charge in [0.15, 0.2) is 5.78 Å². The van der Waals surface area contributed by atoms with Gasteiger partial charge in [0.25, 0.3) is 0 Å². The maximum absolute atomic E-state index is 10.8. The van der Waals surface area contributed by atoms with Gasteiger partial charge in [-0.2, -0.15) is 0 Å². The topological polar surface area (TPSA) is 106 Å². The van der Waals surface area contributed by atoms with Gasteiger partial charge in [-0.1, -0.05) is 0 Å². The summed E-state index contributed by atoms with van der Waals surface area (Å²) in [5.41, 5.74) is 10.6. The average molecular weight is 209 g/mol. The maximum Gasteiger partial charge on any atom is 0.320 e. The molecule has 0 saturated heterocycles. The van der Waals surface area contributed by atoms with Gasteiger partial charge < -0.3 is 16.6 Å². The van der Waals surface area contributed by atoms with Gasteiger partial charge in [-0.05, 0) is 12.8 Å². The van der Waals surface area contributed by atoms with Gasteiger partial charge in [0.2, 0.25) is 0 Å². The second-order valence-corrected chi connectivity index (χ2v) is 3.00. The Labute approximate surface area is 81.0 Å². The Balaban J connectivity index is 3.76. The molecule has 0 aliphatic carbocycles. The average Bonchev–Trinajstić information content (AvgIpc) is 2.11. The molecule has 0 radical (unpaired) electrons. The van der Waals surface area contributed by atoms with Crippen molar-refractivity contribution < 1.29 is 14.7 Å². The van der Waals surface area contributed by atoms with Crippen molar-refractivity contribution >= 4 is 23.4 Å². The van der Waals surface area contributed by atoms with E-state index in [-0.39, 0.29) is 24.5 Å². The molecule has 0 aliphatic heterocycles. The highest BCUT2D eigenvalue weighted by molar-refractivity contribution is 6.28. The molecule has 0 rings (SSSR count). The van der Waals surface area contributed by atoms with E-state index in [0.29, 0.717) is 0 Å². The molecule has 0 aromatic carbocycles. The summed E-state index contributed by atoms with van der Waals surface area (Å²) in [6.45, 7) is 0. The van der Waals surface area contributed by atoms with Gasteiger partial charge in [-0.15, -0.1) is 11.6 Å². The summed E-state index contributed by atoms with van der Waals surface area (Å²) in [6.07, 6.45) is 0.429. The molecule has 0 aromatic heterocycles. The normalized spacial score (nSPS) is 15.0. The first kappa shape index (κ1) is 12.3. The van der Waals surface area contributed by atoms with E-state index in [1.807, 2.05) is 0 Å².